The van der Waals surface area contributed by atoms with Gasteiger partial charge in [0.25, 0.3) is 5.91 Å². The first kappa shape index (κ1) is 20.3. The Morgan fingerprint density at radius 1 is 1.15 bits per heavy atom. The van der Waals surface area contributed by atoms with Gasteiger partial charge in [0.05, 0.1) is 18.2 Å². The number of carbonyl (C=O) groups excluding carboxylic acids is 1. The van der Waals surface area contributed by atoms with E-state index in [4.69, 9.17) is 4.74 Å². The first-order chi connectivity index (χ1) is 12.8. The van der Waals surface area contributed by atoms with Crippen LogP contribution >= 0.6 is 11.8 Å². The normalized spacial score (nSPS) is 23.1. The zero-order valence-electron chi connectivity index (χ0n) is 15.5. The summed E-state index contributed by atoms with van der Waals surface area (Å²) in [5.41, 5.74) is -0.641. The van der Waals surface area contributed by atoms with Crippen LogP contribution in [0.2, 0.25) is 0 Å². The van der Waals surface area contributed by atoms with Gasteiger partial charge in [0, 0.05) is 23.0 Å². The average molecular weight is 402 g/mol. The lowest BCUT2D eigenvalue weighted by Crippen LogP contribution is -2.51. The van der Waals surface area contributed by atoms with Crippen LogP contribution in [0.4, 0.5) is 13.2 Å². The highest BCUT2D eigenvalue weighted by Crippen LogP contribution is 2.38. The Labute approximate surface area is 161 Å². The zero-order chi connectivity index (χ0) is 19.6. The molecule has 0 aromatic heterocycles. The van der Waals surface area contributed by atoms with Crippen molar-refractivity contribution in [2.24, 2.45) is 0 Å². The van der Waals surface area contributed by atoms with Crippen LogP contribution in [0.3, 0.4) is 0 Å². The highest BCUT2D eigenvalue weighted by Gasteiger charge is 2.35. The highest BCUT2D eigenvalue weighted by atomic mass is 32.2. The third-order valence-corrected chi connectivity index (χ3v) is 6.21. The first-order valence-corrected chi connectivity index (χ1v) is 10.5. The predicted molar refractivity (Wildman–Crippen MR) is 99.4 cm³/mol. The van der Waals surface area contributed by atoms with Gasteiger partial charge in [-0.05, 0) is 50.5 Å². The molecule has 2 aliphatic carbocycles. The minimum absolute atomic E-state index is 0.0141. The molecule has 0 saturated heterocycles. The fourth-order valence-corrected chi connectivity index (χ4v) is 4.39. The van der Waals surface area contributed by atoms with Crippen LogP contribution < -0.4 is 15.4 Å². The number of alkyl halides is 3. The van der Waals surface area contributed by atoms with E-state index < -0.39 is 11.7 Å². The number of nitrogens with one attached hydrogen (secondary N) is 2. The minimum Gasteiger partial charge on any atom is -0.496 e. The summed E-state index contributed by atoms with van der Waals surface area (Å²) in [6, 6.07) is 2.64. The molecule has 2 N–H and O–H groups in total. The molecule has 1 aromatic rings. The van der Waals surface area contributed by atoms with Gasteiger partial charge in [-0.2, -0.15) is 13.2 Å². The Bertz CT molecular complexity index is 667. The van der Waals surface area contributed by atoms with Gasteiger partial charge in [-0.25, -0.2) is 0 Å². The third-order valence-electron chi connectivity index (χ3n) is 5.45. The van der Waals surface area contributed by atoms with Crippen molar-refractivity contribution >= 4 is 17.7 Å². The van der Waals surface area contributed by atoms with Crippen molar-refractivity contribution in [2.45, 2.75) is 67.7 Å². The number of amides is 1. The van der Waals surface area contributed by atoms with E-state index >= 15 is 0 Å². The second kappa shape index (κ2) is 8.31. The largest absolute Gasteiger partial charge is 0.496 e. The third kappa shape index (κ3) is 4.54. The molecule has 1 amide bonds. The SMILES string of the molecule is COc1cc(C(F)(F)F)cc(SC)c1C(=O)N[C@H]1CCC[C@H]1NC1CCC1. The van der Waals surface area contributed by atoms with Crippen LogP contribution in [-0.4, -0.2) is 37.4 Å². The quantitative estimate of drug-likeness (QED) is 0.700. The van der Waals surface area contributed by atoms with Gasteiger partial charge in [0.1, 0.15) is 5.75 Å². The number of ether oxygens (including phenoxy) is 1. The van der Waals surface area contributed by atoms with Gasteiger partial charge in [0.15, 0.2) is 0 Å². The van der Waals surface area contributed by atoms with Crippen molar-refractivity contribution in [1.82, 2.24) is 10.6 Å². The summed E-state index contributed by atoms with van der Waals surface area (Å²) < 4.78 is 44.5. The molecular weight excluding hydrogens is 377 g/mol. The summed E-state index contributed by atoms with van der Waals surface area (Å²) in [4.78, 5) is 13.2. The number of hydrogen-bond acceptors (Lipinski definition) is 4. The number of benzene rings is 1. The lowest BCUT2D eigenvalue weighted by atomic mass is 9.92. The summed E-state index contributed by atoms with van der Waals surface area (Å²) in [5, 5.41) is 6.64. The molecular formula is C19H25F3N2O2S. The van der Waals surface area contributed by atoms with Crippen molar-refractivity contribution < 1.29 is 22.7 Å². The maximum atomic E-state index is 13.1. The lowest BCUT2D eigenvalue weighted by molar-refractivity contribution is -0.137. The van der Waals surface area contributed by atoms with Gasteiger partial charge in [-0.3, -0.25) is 4.79 Å². The van der Waals surface area contributed by atoms with Crippen LogP contribution in [0.25, 0.3) is 0 Å². The van der Waals surface area contributed by atoms with E-state index in [0.29, 0.717) is 6.04 Å². The zero-order valence-corrected chi connectivity index (χ0v) is 16.3. The molecule has 0 radical (unpaired) electrons. The standard InChI is InChI=1S/C19H25F3N2O2S/c1-26-15-9-11(19(20,21)22)10-16(27-2)17(15)18(25)24-14-8-4-7-13(14)23-12-5-3-6-12/h9-10,12-14,23H,3-8H2,1-2H3,(H,24,25)/t13-,14+/m1/s1. The summed E-state index contributed by atoms with van der Waals surface area (Å²) in [6.45, 7) is 0. The number of hydrogen-bond donors (Lipinski definition) is 2. The summed E-state index contributed by atoms with van der Waals surface area (Å²) in [5.74, 6) is -0.426. The highest BCUT2D eigenvalue weighted by molar-refractivity contribution is 7.98. The Kier molecular flexibility index (Phi) is 6.25. The molecule has 2 fully saturated rings. The van der Waals surface area contributed by atoms with Crippen molar-refractivity contribution in [3.8, 4) is 5.75 Å². The molecule has 2 atom stereocenters. The van der Waals surface area contributed by atoms with E-state index in [9.17, 15) is 18.0 Å². The van der Waals surface area contributed by atoms with Crippen LogP contribution in [0.5, 0.6) is 5.75 Å². The number of methoxy groups -OCH3 is 1. The molecule has 4 nitrogen and oxygen atoms in total. The van der Waals surface area contributed by atoms with E-state index in [1.807, 2.05) is 0 Å². The molecule has 27 heavy (non-hydrogen) atoms. The van der Waals surface area contributed by atoms with E-state index in [0.717, 1.165) is 43.2 Å². The van der Waals surface area contributed by atoms with Crippen LogP contribution in [-0.2, 0) is 6.18 Å². The number of carbonyl (C=O) groups is 1. The molecule has 1 aromatic carbocycles. The second-order valence-corrected chi connectivity index (χ2v) is 8.01. The Morgan fingerprint density at radius 3 is 2.37 bits per heavy atom. The van der Waals surface area contributed by atoms with Gasteiger partial charge < -0.3 is 15.4 Å². The second-order valence-electron chi connectivity index (χ2n) is 7.17. The molecule has 150 valence electrons. The van der Waals surface area contributed by atoms with E-state index in [2.05, 4.69) is 10.6 Å². The van der Waals surface area contributed by atoms with Crippen LogP contribution in [0, 0.1) is 0 Å². The summed E-state index contributed by atoms with van der Waals surface area (Å²) in [7, 11) is 1.28. The van der Waals surface area contributed by atoms with Gasteiger partial charge in [-0.15, -0.1) is 11.8 Å². The fraction of sp³-hybridized carbons (Fsp3) is 0.632. The molecule has 0 unspecified atom stereocenters. The smallest absolute Gasteiger partial charge is 0.416 e. The minimum atomic E-state index is -4.49. The fourth-order valence-electron chi connectivity index (χ4n) is 3.75. The summed E-state index contributed by atoms with van der Waals surface area (Å²) in [6.07, 6.45) is 3.63. The molecule has 0 heterocycles. The average Bonchev–Trinajstić information content (AvgIpc) is 3.02. The topological polar surface area (TPSA) is 50.4 Å². The Hall–Kier alpha value is -1.41. The summed E-state index contributed by atoms with van der Waals surface area (Å²) >= 11 is 1.11. The van der Waals surface area contributed by atoms with Crippen molar-refractivity contribution in [2.75, 3.05) is 13.4 Å². The van der Waals surface area contributed by atoms with Gasteiger partial charge >= 0.3 is 6.18 Å². The van der Waals surface area contributed by atoms with Crippen molar-refractivity contribution in [3.63, 3.8) is 0 Å². The monoisotopic (exact) mass is 402 g/mol. The molecule has 0 spiro atoms. The molecule has 3 rings (SSSR count). The Balaban J connectivity index is 1.80. The number of rotatable bonds is 6. The maximum Gasteiger partial charge on any atom is 0.416 e. The van der Waals surface area contributed by atoms with Crippen molar-refractivity contribution in [1.29, 1.82) is 0 Å². The molecule has 0 aliphatic heterocycles. The van der Waals surface area contributed by atoms with Crippen LogP contribution in [0.1, 0.15) is 54.4 Å². The predicted octanol–water partition coefficient (Wildman–Crippen LogP) is 4.23. The van der Waals surface area contributed by atoms with Gasteiger partial charge in [-0.1, -0.05) is 6.42 Å². The van der Waals surface area contributed by atoms with Gasteiger partial charge in [0.2, 0.25) is 0 Å². The maximum absolute atomic E-state index is 13.1. The number of halogens is 3. The molecule has 2 saturated carbocycles. The van der Waals surface area contributed by atoms with Crippen molar-refractivity contribution in [3.05, 3.63) is 23.3 Å². The number of thioether (sulfide) groups is 1. The molecule has 0 bridgehead atoms. The lowest BCUT2D eigenvalue weighted by Gasteiger charge is -2.33. The molecule has 2 aliphatic rings. The van der Waals surface area contributed by atoms with Crippen LogP contribution in [0.15, 0.2) is 17.0 Å². The van der Waals surface area contributed by atoms with E-state index in [-0.39, 0.29) is 34.2 Å². The van der Waals surface area contributed by atoms with E-state index in [1.165, 1.54) is 26.4 Å². The first-order valence-electron chi connectivity index (χ1n) is 9.23. The molecule has 8 heteroatoms. The Morgan fingerprint density at radius 2 is 1.81 bits per heavy atom. The van der Waals surface area contributed by atoms with E-state index in [1.54, 1.807) is 6.26 Å².